The number of methoxy groups -OCH3 is 1. The summed E-state index contributed by atoms with van der Waals surface area (Å²) in [5.74, 6) is 0.571. The molecule has 0 saturated carbocycles. The van der Waals surface area contributed by atoms with Gasteiger partial charge in [-0.15, -0.1) is 11.3 Å². The van der Waals surface area contributed by atoms with Gasteiger partial charge >= 0.3 is 0 Å². The molecule has 6 nitrogen and oxygen atoms in total. The van der Waals surface area contributed by atoms with E-state index in [9.17, 15) is 9.59 Å². The fourth-order valence-electron chi connectivity index (χ4n) is 3.97. The van der Waals surface area contributed by atoms with Crippen LogP contribution in [0.3, 0.4) is 0 Å². The van der Waals surface area contributed by atoms with Gasteiger partial charge in [-0.05, 0) is 61.2 Å². The SMILES string of the molecule is COc1cccc(NC(=O)CSc2nc3sc4c(c3c(=O)n2-c2ccc(Cl)cc2)CCC4)c1. The summed E-state index contributed by atoms with van der Waals surface area (Å²) in [6.07, 6.45) is 2.96. The van der Waals surface area contributed by atoms with Crippen LogP contribution in [0.15, 0.2) is 58.5 Å². The largest absolute Gasteiger partial charge is 0.497 e. The van der Waals surface area contributed by atoms with Crippen LogP contribution >= 0.6 is 34.7 Å². The molecule has 0 aliphatic heterocycles. The lowest BCUT2D eigenvalue weighted by Crippen LogP contribution is -2.23. The minimum absolute atomic E-state index is 0.0996. The maximum atomic E-state index is 13.6. The van der Waals surface area contributed by atoms with Crippen molar-refractivity contribution >= 4 is 56.5 Å². The molecule has 2 heterocycles. The maximum absolute atomic E-state index is 13.6. The van der Waals surface area contributed by atoms with E-state index >= 15 is 0 Å². The van der Waals surface area contributed by atoms with Crippen molar-refractivity contribution in [2.24, 2.45) is 0 Å². The molecule has 0 atom stereocenters. The first-order chi connectivity index (χ1) is 16.0. The lowest BCUT2D eigenvalue weighted by molar-refractivity contribution is -0.113. The van der Waals surface area contributed by atoms with Crippen LogP contribution < -0.4 is 15.6 Å². The summed E-state index contributed by atoms with van der Waals surface area (Å²) < 4.78 is 6.80. The third-order valence-corrected chi connectivity index (χ3v) is 7.86. The van der Waals surface area contributed by atoms with Crippen molar-refractivity contribution in [3.8, 4) is 11.4 Å². The number of nitrogens with zero attached hydrogens (tertiary/aromatic N) is 2. The topological polar surface area (TPSA) is 73.2 Å². The molecular formula is C24H20ClN3O3S2. The number of thiophene rings is 1. The number of ether oxygens (including phenoxy) is 1. The van der Waals surface area contributed by atoms with Crippen molar-refractivity contribution in [1.29, 1.82) is 0 Å². The van der Waals surface area contributed by atoms with Crippen LogP contribution in [0, 0.1) is 0 Å². The van der Waals surface area contributed by atoms with E-state index in [2.05, 4.69) is 5.32 Å². The fourth-order valence-corrected chi connectivity index (χ4v) is 6.21. The molecule has 0 saturated heterocycles. The van der Waals surface area contributed by atoms with Crippen molar-refractivity contribution in [2.45, 2.75) is 24.4 Å². The van der Waals surface area contributed by atoms with Crippen LogP contribution in [0.1, 0.15) is 16.9 Å². The summed E-state index contributed by atoms with van der Waals surface area (Å²) in [7, 11) is 1.58. The molecule has 0 spiro atoms. The summed E-state index contributed by atoms with van der Waals surface area (Å²) >= 11 is 8.89. The normalized spacial score (nSPS) is 12.7. The number of hydrogen-bond acceptors (Lipinski definition) is 6. The molecular weight excluding hydrogens is 478 g/mol. The van der Waals surface area contributed by atoms with Gasteiger partial charge in [-0.1, -0.05) is 29.4 Å². The molecule has 2 aromatic heterocycles. The van der Waals surface area contributed by atoms with E-state index in [0.717, 1.165) is 29.7 Å². The number of halogens is 1. The van der Waals surface area contributed by atoms with Gasteiger partial charge in [0, 0.05) is 21.7 Å². The Morgan fingerprint density at radius 2 is 2.06 bits per heavy atom. The van der Waals surface area contributed by atoms with Crippen molar-refractivity contribution in [3.63, 3.8) is 0 Å². The van der Waals surface area contributed by atoms with Gasteiger partial charge in [-0.3, -0.25) is 14.2 Å². The minimum atomic E-state index is -0.195. The smallest absolute Gasteiger partial charge is 0.267 e. The molecule has 0 bridgehead atoms. The molecule has 1 amide bonds. The Bertz CT molecular complexity index is 1410. The molecule has 9 heteroatoms. The van der Waals surface area contributed by atoms with Crippen LogP contribution in [0.25, 0.3) is 15.9 Å². The van der Waals surface area contributed by atoms with Gasteiger partial charge in [0.15, 0.2) is 5.16 Å². The van der Waals surface area contributed by atoms with Crippen molar-refractivity contribution in [2.75, 3.05) is 18.2 Å². The molecule has 1 N–H and O–H groups in total. The number of hydrogen-bond donors (Lipinski definition) is 1. The van der Waals surface area contributed by atoms with E-state index < -0.39 is 0 Å². The number of benzene rings is 2. The van der Waals surface area contributed by atoms with Gasteiger partial charge in [0.25, 0.3) is 5.56 Å². The van der Waals surface area contributed by atoms with E-state index in [-0.39, 0.29) is 17.2 Å². The summed E-state index contributed by atoms with van der Waals surface area (Å²) in [5, 5.41) is 4.64. The van der Waals surface area contributed by atoms with E-state index in [4.69, 9.17) is 21.3 Å². The van der Waals surface area contributed by atoms with Gasteiger partial charge in [-0.25, -0.2) is 4.98 Å². The number of aryl methyl sites for hydroxylation is 2. The number of carbonyl (C=O) groups excluding carboxylic acids is 1. The zero-order valence-electron chi connectivity index (χ0n) is 17.8. The number of aromatic nitrogens is 2. The average Bonchev–Trinajstić information content (AvgIpc) is 3.40. The van der Waals surface area contributed by atoms with Crippen LogP contribution in [0.2, 0.25) is 5.02 Å². The van der Waals surface area contributed by atoms with Gasteiger partial charge in [0.05, 0.1) is 23.9 Å². The summed E-state index contributed by atoms with van der Waals surface area (Å²) in [5.41, 5.74) is 2.35. The van der Waals surface area contributed by atoms with Gasteiger partial charge < -0.3 is 10.1 Å². The van der Waals surface area contributed by atoms with Crippen LogP contribution in [-0.2, 0) is 17.6 Å². The predicted octanol–water partition coefficient (Wildman–Crippen LogP) is 5.33. The third-order valence-electron chi connectivity index (χ3n) is 5.48. The van der Waals surface area contributed by atoms with Crippen LogP contribution in [0.5, 0.6) is 5.75 Å². The first-order valence-corrected chi connectivity index (χ1v) is 12.6. The Hall–Kier alpha value is -2.81. The number of amides is 1. The molecule has 0 fully saturated rings. The van der Waals surface area contributed by atoms with E-state index in [1.165, 1.54) is 16.6 Å². The van der Waals surface area contributed by atoms with Crippen molar-refractivity contribution < 1.29 is 9.53 Å². The Balaban J connectivity index is 1.48. The molecule has 2 aromatic carbocycles. The molecule has 168 valence electrons. The second-order valence-corrected chi connectivity index (χ2v) is 10.1. The van der Waals surface area contributed by atoms with Crippen LogP contribution in [0.4, 0.5) is 5.69 Å². The van der Waals surface area contributed by atoms with Gasteiger partial charge in [0.2, 0.25) is 5.91 Å². The first kappa shape index (κ1) is 22.0. The van der Waals surface area contributed by atoms with Gasteiger partial charge in [0.1, 0.15) is 10.6 Å². The molecule has 0 unspecified atom stereocenters. The highest BCUT2D eigenvalue weighted by atomic mass is 35.5. The number of fused-ring (bicyclic) bond motifs is 3. The molecule has 1 aliphatic rings. The Kier molecular flexibility index (Phi) is 6.14. The van der Waals surface area contributed by atoms with E-state index in [0.29, 0.717) is 32.7 Å². The standard InChI is InChI=1S/C24H20ClN3O3S2/c1-31-17-5-2-4-15(12-17)26-20(29)13-32-24-27-22-21(18-6-3-7-19(18)33-22)23(30)28(24)16-10-8-14(25)9-11-16/h2,4-5,8-12H,3,6-7,13H2,1H3,(H,26,29). The number of anilines is 1. The maximum Gasteiger partial charge on any atom is 0.267 e. The second kappa shape index (κ2) is 9.21. The number of nitrogens with one attached hydrogen (secondary N) is 1. The van der Waals surface area contributed by atoms with Gasteiger partial charge in [-0.2, -0.15) is 0 Å². The zero-order chi connectivity index (χ0) is 22.9. The molecule has 4 aromatic rings. The third kappa shape index (κ3) is 4.38. The second-order valence-electron chi connectivity index (χ2n) is 7.62. The lowest BCUT2D eigenvalue weighted by Gasteiger charge is -2.13. The Labute approximate surface area is 203 Å². The fraction of sp³-hybridized carbons (Fsp3) is 0.208. The van der Waals surface area contributed by atoms with Crippen molar-refractivity contribution in [3.05, 3.63) is 74.3 Å². The highest BCUT2D eigenvalue weighted by Crippen LogP contribution is 2.36. The Morgan fingerprint density at radius 1 is 1.24 bits per heavy atom. The molecule has 33 heavy (non-hydrogen) atoms. The van der Waals surface area contributed by atoms with Crippen LogP contribution in [-0.4, -0.2) is 28.3 Å². The molecule has 1 aliphatic carbocycles. The predicted molar refractivity (Wildman–Crippen MR) is 135 cm³/mol. The Morgan fingerprint density at radius 3 is 2.85 bits per heavy atom. The highest BCUT2D eigenvalue weighted by molar-refractivity contribution is 7.99. The van der Waals surface area contributed by atoms with E-state index in [1.54, 1.807) is 59.4 Å². The number of thioether (sulfide) groups is 1. The summed E-state index contributed by atoms with van der Waals surface area (Å²) in [6.45, 7) is 0. The number of rotatable bonds is 6. The summed E-state index contributed by atoms with van der Waals surface area (Å²) in [4.78, 5) is 33.1. The first-order valence-electron chi connectivity index (χ1n) is 10.4. The zero-order valence-corrected chi connectivity index (χ0v) is 20.1. The highest BCUT2D eigenvalue weighted by Gasteiger charge is 2.24. The minimum Gasteiger partial charge on any atom is -0.497 e. The van der Waals surface area contributed by atoms with Crippen molar-refractivity contribution in [1.82, 2.24) is 9.55 Å². The number of carbonyl (C=O) groups is 1. The monoisotopic (exact) mass is 497 g/mol. The molecule has 0 radical (unpaired) electrons. The molecule has 5 rings (SSSR count). The average molecular weight is 498 g/mol. The summed E-state index contributed by atoms with van der Waals surface area (Å²) in [6, 6.07) is 14.3. The quantitative estimate of drug-likeness (QED) is 0.288. The lowest BCUT2D eigenvalue weighted by atomic mass is 10.2. The van der Waals surface area contributed by atoms with E-state index in [1.807, 2.05) is 12.1 Å².